The van der Waals surface area contributed by atoms with Gasteiger partial charge in [-0.3, -0.25) is 15.0 Å². The molecule has 0 aliphatic rings. The first-order valence-corrected chi connectivity index (χ1v) is 6.73. The lowest BCUT2D eigenvalue weighted by Gasteiger charge is -2.16. The van der Waals surface area contributed by atoms with Crippen LogP contribution in [0.1, 0.15) is 24.4 Å². The Morgan fingerprint density at radius 3 is 2.75 bits per heavy atom. The van der Waals surface area contributed by atoms with E-state index in [1.165, 1.54) is 0 Å². The summed E-state index contributed by atoms with van der Waals surface area (Å²) in [6.07, 6.45) is 5.17. The van der Waals surface area contributed by atoms with Gasteiger partial charge in [0.2, 0.25) is 0 Å². The molecule has 100 valence electrons. The predicted octanol–water partition coefficient (Wildman–Crippen LogP) is 2.72. The van der Waals surface area contributed by atoms with Gasteiger partial charge in [0.25, 0.3) is 0 Å². The number of hydrogen-bond donors (Lipinski definition) is 1. The second-order valence-corrected chi connectivity index (χ2v) is 4.55. The van der Waals surface area contributed by atoms with Crippen LogP contribution in [-0.2, 0) is 0 Å². The van der Waals surface area contributed by atoms with Gasteiger partial charge in [0.15, 0.2) is 0 Å². The van der Waals surface area contributed by atoms with E-state index in [9.17, 15) is 0 Å². The fourth-order valence-corrected chi connectivity index (χ4v) is 2.27. The first kappa shape index (κ1) is 12.7. The molecule has 0 bridgehead atoms. The van der Waals surface area contributed by atoms with Crippen molar-refractivity contribution in [3.63, 3.8) is 0 Å². The molecule has 2 aromatic heterocycles. The Hall–Kier alpha value is -2.33. The monoisotopic (exact) mass is 264 g/mol. The van der Waals surface area contributed by atoms with Gasteiger partial charge in [-0.15, -0.1) is 0 Å². The summed E-state index contributed by atoms with van der Waals surface area (Å²) in [5, 5.41) is 4.56. The number of rotatable bonds is 4. The molecule has 4 nitrogen and oxygen atoms in total. The lowest BCUT2D eigenvalue weighted by Crippen LogP contribution is -2.24. The number of benzene rings is 1. The van der Waals surface area contributed by atoms with Gasteiger partial charge in [0, 0.05) is 17.8 Å². The van der Waals surface area contributed by atoms with E-state index in [2.05, 4.69) is 34.3 Å². The molecule has 0 spiro atoms. The zero-order valence-electron chi connectivity index (χ0n) is 11.3. The van der Waals surface area contributed by atoms with Crippen molar-refractivity contribution in [2.24, 2.45) is 0 Å². The minimum atomic E-state index is -0.0293. The summed E-state index contributed by atoms with van der Waals surface area (Å²) in [6, 6.07) is 12.2. The van der Waals surface area contributed by atoms with Crippen LogP contribution in [0.5, 0.6) is 0 Å². The van der Waals surface area contributed by atoms with Crippen molar-refractivity contribution in [2.45, 2.75) is 13.0 Å². The molecular formula is C16H16N4. The van der Waals surface area contributed by atoms with Gasteiger partial charge >= 0.3 is 0 Å². The highest BCUT2D eigenvalue weighted by Crippen LogP contribution is 2.20. The summed E-state index contributed by atoms with van der Waals surface area (Å²) in [6.45, 7) is 2.92. The summed E-state index contributed by atoms with van der Waals surface area (Å²) in [5.41, 5.74) is 2.85. The number of hydrogen-bond acceptors (Lipinski definition) is 4. The number of para-hydroxylation sites is 1. The first-order valence-electron chi connectivity index (χ1n) is 6.73. The number of pyridine rings is 1. The average Bonchev–Trinajstić information content (AvgIpc) is 2.53. The summed E-state index contributed by atoms with van der Waals surface area (Å²) in [7, 11) is 0. The lowest BCUT2D eigenvalue weighted by molar-refractivity contribution is 0.600. The highest BCUT2D eigenvalue weighted by atomic mass is 15.0. The molecule has 3 aromatic rings. The normalized spacial score (nSPS) is 12.4. The molecule has 1 aromatic carbocycles. The number of aromatic nitrogens is 3. The molecule has 0 radical (unpaired) electrons. The zero-order valence-corrected chi connectivity index (χ0v) is 11.3. The fraction of sp³-hybridized carbons (Fsp3) is 0.188. The third-order valence-corrected chi connectivity index (χ3v) is 3.20. The minimum Gasteiger partial charge on any atom is -0.304 e. The van der Waals surface area contributed by atoms with Crippen molar-refractivity contribution >= 4 is 10.9 Å². The minimum absolute atomic E-state index is 0.0293. The van der Waals surface area contributed by atoms with E-state index in [0.29, 0.717) is 0 Å². The van der Waals surface area contributed by atoms with Crippen LogP contribution in [0.4, 0.5) is 0 Å². The maximum atomic E-state index is 4.74. The zero-order chi connectivity index (χ0) is 13.8. The smallest absolute Gasteiger partial charge is 0.0940 e. The largest absolute Gasteiger partial charge is 0.304 e. The van der Waals surface area contributed by atoms with E-state index in [-0.39, 0.29) is 6.04 Å². The van der Waals surface area contributed by atoms with E-state index < -0.39 is 0 Å². The number of fused-ring (bicyclic) bond motifs is 1. The standard InChI is InChI=1S/C16H16N4/c1-2-18-16(15-11-17-9-10-19-15)14-8-7-12-5-3-4-6-13(12)20-14/h3-11,16,18H,2H2,1H3. The van der Waals surface area contributed by atoms with E-state index in [0.717, 1.165) is 28.8 Å². The van der Waals surface area contributed by atoms with Gasteiger partial charge in [0.05, 0.1) is 29.1 Å². The molecule has 3 rings (SSSR count). The Morgan fingerprint density at radius 1 is 1.05 bits per heavy atom. The summed E-state index contributed by atoms with van der Waals surface area (Å²) in [4.78, 5) is 13.3. The Bertz CT molecular complexity index is 697. The molecule has 2 heterocycles. The summed E-state index contributed by atoms with van der Waals surface area (Å²) >= 11 is 0. The van der Waals surface area contributed by atoms with Crippen LogP contribution in [0.2, 0.25) is 0 Å². The van der Waals surface area contributed by atoms with Crippen LogP contribution in [0, 0.1) is 0 Å². The van der Waals surface area contributed by atoms with Gasteiger partial charge in [-0.2, -0.15) is 0 Å². The molecule has 0 amide bonds. The maximum absolute atomic E-state index is 4.74. The Balaban J connectivity index is 2.05. The van der Waals surface area contributed by atoms with Crippen LogP contribution in [0.3, 0.4) is 0 Å². The number of nitrogens with zero attached hydrogens (tertiary/aromatic N) is 3. The van der Waals surface area contributed by atoms with Gasteiger partial charge < -0.3 is 5.32 Å². The quantitative estimate of drug-likeness (QED) is 0.787. The molecule has 0 aliphatic carbocycles. The topological polar surface area (TPSA) is 50.7 Å². The molecule has 1 atom stereocenters. The Labute approximate surface area is 117 Å². The third-order valence-electron chi connectivity index (χ3n) is 3.20. The molecule has 4 heteroatoms. The molecule has 1 N–H and O–H groups in total. The third kappa shape index (κ3) is 2.51. The molecule has 1 unspecified atom stereocenters. The average molecular weight is 264 g/mol. The highest BCUT2D eigenvalue weighted by Gasteiger charge is 2.16. The van der Waals surface area contributed by atoms with E-state index >= 15 is 0 Å². The second kappa shape index (κ2) is 5.75. The highest BCUT2D eigenvalue weighted by molar-refractivity contribution is 5.78. The summed E-state index contributed by atoms with van der Waals surface area (Å²) in [5.74, 6) is 0. The molecule has 20 heavy (non-hydrogen) atoms. The maximum Gasteiger partial charge on any atom is 0.0940 e. The van der Waals surface area contributed by atoms with Crippen molar-refractivity contribution in [3.05, 3.63) is 66.4 Å². The molecular weight excluding hydrogens is 248 g/mol. The van der Waals surface area contributed by atoms with Crippen LogP contribution in [-0.4, -0.2) is 21.5 Å². The molecule has 0 fully saturated rings. The van der Waals surface area contributed by atoms with Crippen molar-refractivity contribution in [3.8, 4) is 0 Å². The lowest BCUT2D eigenvalue weighted by atomic mass is 10.1. The molecule has 0 saturated heterocycles. The number of nitrogens with one attached hydrogen (secondary N) is 1. The van der Waals surface area contributed by atoms with E-state index in [1.807, 2.05) is 24.3 Å². The Morgan fingerprint density at radius 2 is 1.95 bits per heavy atom. The van der Waals surface area contributed by atoms with Crippen LogP contribution in [0.15, 0.2) is 55.0 Å². The summed E-state index contributed by atoms with van der Waals surface area (Å²) < 4.78 is 0. The van der Waals surface area contributed by atoms with Gasteiger partial charge in [-0.1, -0.05) is 31.2 Å². The van der Waals surface area contributed by atoms with Crippen molar-refractivity contribution in [1.82, 2.24) is 20.3 Å². The van der Waals surface area contributed by atoms with Crippen LogP contribution >= 0.6 is 0 Å². The SMILES string of the molecule is CCNC(c1cnccn1)c1ccc2ccccc2n1. The second-order valence-electron chi connectivity index (χ2n) is 4.55. The van der Waals surface area contributed by atoms with Gasteiger partial charge in [0.1, 0.15) is 0 Å². The van der Waals surface area contributed by atoms with Crippen LogP contribution < -0.4 is 5.32 Å². The van der Waals surface area contributed by atoms with E-state index in [1.54, 1.807) is 18.6 Å². The van der Waals surface area contributed by atoms with Crippen LogP contribution in [0.25, 0.3) is 10.9 Å². The van der Waals surface area contributed by atoms with Gasteiger partial charge in [-0.05, 0) is 18.7 Å². The van der Waals surface area contributed by atoms with Crippen molar-refractivity contribution in [2.75, 3.05) is 6.54 Å². The Kier molecular flexibility index (Phi) is 3.65. The first-order chi connectivity index (χ1) is 9.88. The van der Waals surface area contributed by atoms with Crippen molar-refractivity contribution < 1.29 is 0 Å². The van der Waals surface area contributed by atoms with Gasteiger partial charge in [-0.25, -0.2) is 0 Å². The molecule has 0 saturated carbocycles. The predicted molar refractivity (Wildman–Crippen MR) is 79.3 cm³/mol. The van der Waals surface area contributed by atoms with E-state index in [4.69, 9.17) is 4.98 Å². The van der Waals surface area contributed by atoms with Crippen molar-refractivity contribution in [1.29, 1.82) is 0 Å². The molecule has 0 aliphatic heterocycles. The fourth-order valence-electron chi connectivity index (χ4n) is 2.27.